The summed E-state index contributed by atoms with van der Waals surface area (Å²) in [5.74, 6) is 0. The summed E-state index contributed by atoms with van der Waals surface area (Å²) in [6.07, 6.45) is 3.09. The lowest BCUT2D eigenvalue weighted by Crippen LogP contribution is -2.46. The molecule has 0 N–H and O–H groups in total. The first-order valence-electron chi connectivity index (χ1n) is 10.00. The molecule has 5 rings (SSSR count). The van der Waals surface area contributed by atoms with Crippen LogP contribution < -0.4 is 0 Å². The predicted molar refractivity (Wildman–Crippen MR) is 129 cm³/mol. The van der Waals surface area contributed by atoms with Crippen molar-refractivity contribution in [2.45, 2.75) is 22.3 Å². The molecule has 1 fully saturated rings. The summed E-state index contributed by atoms with van der Waals surface area (Å²) in [5, 5.41) is 4.63. The highest BCUT2D eigenvalue weighted by molar-refractivity contribution is 7.99. The molecule has 0 saturated carbocycles. The zero-order valence-electron chi connectivity index (χ0n) is 17.3. The molecule has 1 saturated heterocycles. The summed E-state index contributed by atoms with van der Waals surface area (Å²) in [4.78, 5) is 7.89. The number of hydrogen-bond acceptors (Lipinski definition) is 4. The lowest BCUT2D eigenvalue weighted by molar-refractivity contribution is 0.110. The Balaban J connectivity index is 0.00000128. The molecule has 0 radical (unpaired) electrons. The quantitative estimate of drug-likeness (QED) is 0.538. The molecule has 0 aliphatic carbocycles. The molecule has 2 aliphatic heterocycles. The van der Waals surface area contributed by atoms with Crippen LogP contribution in [0.3, 0.4) is 0 Å². The van der Waals surface area contributed by atoms with Crippen LogP contribution in [0.5, 0.6) is 0 Å². The minimum atomic E-state index is 0. The van der Waals surface area contributed by atoms with E-state index in [2.05, 4.69) is 70.5 Å². The Kier molecular flexibility index (Phi) is 7.53. The minimum Gasteiger partial charge on any atom is -0.304 e. The molecule has 0 bridgehead atoms. The van der Waals surface area contributed by atoms with Gasteiger partial charge >= 0.3 is 0 Å². The second-order valence-electron chi connectivity index (χ2n) is 7.90. The van der Waals surface area contributed by atoms with E-state index >= 15 is 0 Å². The average molecular weight is 463 g/mol. The van der Waals surface area contributed by atoms with Gasteiger partial charge < -0.3 is 4.90 Å². The van der Waals surface area contributed by atoms with Gasteiger partial charge in [-0.3, -0.25) is 9.58 Å². The number of aryl methyl sites for hydroxylation is 1. The molecule has 1 unspecified atom stereocenters. The van der Waals surface area contributed by atoms with Gasteiger partial charge in [-0.2, -0.15) is 5.10 Å². The number of halogens is 2. The van der Waals surface area contributed by atoms with E-state index < -0.39 is 0 Å². The van der Waals surface area contributed by atoms with Gasteiger partial charge in [0.2, 0.25) is 0 Å². The SMILES string of the molecule is CN1CCN(C2Cc3ccccc3Sc3ccc(-c4ccn(C)n4)cc32)CC1.Cl.Cl. The third-order valence-electron chi connectivity index (χ3n) is 5.96. The number of fused-ring (bicyclic) bond motifs is 2. The molecule has 0 amide bonds. The Morgan fingerprint density at radius 2 is 1.67 bits per heavy atom. The molecular weight excluding hydrogens is 435 g/mol. The van der Waals surface area contributed by atoms with E-state index in [0.717, 1.165) is 38.3 Å². The maximum Gasteiger partial charge on any atom is 0.0923 e. The van der Waals surface area contributed by atoms with Crippen molar-refractivity contribution in [1.29, 1.82) is 0 Å². The Hall–Kier alpha value is -1.50. The minimum absolute atomic E-state index is 0. The second kappa shape index (κ2) is 9.75. The fourth-order valence-corrected chi connectivity index (χ4v) is 5.41. The molecule has 30 heavy (non-hydrogen) atoms. The van der Waals surface area contributed by atoms with E-state index in [4.69, 9.17) is 0 Å². The average Bonchev–Trinajstić information content (AvgIpc) is 3.07. The fourth-order valence-electron chi connectivity index (χ4n) is 4.30. The monoisotopic (exact) mass is 462 g/mol. The molecule has 3 aromatic rings. The van der Waals surface area contributed by atoms with Gasteiger partial charge in [0.05, 0.1) is 5.69 Å². The summed E-state index contributed by atoms with van der Waals surface area (Å²) >= 11 is 1.92. The molecule has 1 atom stereocenters. The number of benzene rings is 2. The van der Waals surface area contributed by atoms with Crippen molar-refractivity contribution >= 4 is 36.6 Å². The van der Waals surface area contributed by atoms with Crippen LogP contribution in [0.15, 0.2) is 64.5 Å². The van der Waals surface area contributed by atoms with Crippen LogP contribution in [0.1, 0.15) is 17.2 Å². The van der Waals surface area contributed by atoms with E-state index in [1.807, 2.05) is 29.7 Å². The Morgan fingerprint density at radius 3 is 2.40 bits per heavy atom. The van der Waals surface area contributed by atoms with Crippen molar-refractivity contribution in [2.24, 2.45) is 7.05 Å². The van der Waals surface area contributed by atoms with Gasteiger partial charge in [-0.1, -0.05) is 36.0 Å². The van der Waals surface area contributed by atoms with Crippen molar-refractivity contribution in [3.05, 3.63) is 65.9 Å². The molecule has 3 heterocycles. The molecule has 7 heteroatoms. The number of hydrogen-bond donors (Lipinski definition) is 0. The molecule has 160 valence electrons. The van der Waals surface area contributed by atoms with Crippen LogP contribution in [0.25, 0.3) is 11.3 Å². The van der Waals surface area contributed by atoms with Crippen molar-refractivity contribution in [2.75, 3.05) is 33.2 Å². The van der Waals surface area contributed by atoms with Gasteiger partial charge in [0.1, 0.15) is 0 Å². The van der Waals surface area contributed by atoms with E-state index in [1.54, 1.807) is 0 Å². The van der Waals surface area contributed by atoms with E-state index in [9.17, 15) is 0 Å². The summed E-state index contributed by atoms with van der Waals surface area (Å²) in [6, 6.07) is 18.3. The van der Waals surface area contributed by atoms with E-state index in [1.165, 1.54) is 26.5 Å². The number of likely N-dealkylation sites (N-methyl/N-ethyl adjacent to an activating group) is 1. The highest BCUT2D eigenvalue weighted by Crippen LogP contribution is 2.44. The van der Waals surface area contributed by atoms with E-state index in [-0.39, 0.29) is 24.8 Å². The number of aromatic nitrogens is 2. The highest BCUT2D eigenvalue weighted by atomic mass is 35.5. The van der Waals surface area contributed by atoms with E-state index in [0.29, 0.717) is 6.04 Å². The number of piperazine rings is 1. The molecule has 2 aliphatic rings. The third kappa shape index (κ3) is 4.56. The Labute approximate surface area is 195 Å². The zero-order valence-corrected chi connectivity index (χ0v) is 19.8. The molecular formula is C23H28Cl2N4S. The van der Waals surface area contributed by atoms with Crippen molar-refractivity contribution < 1.29 is 0 Å². The molecule has 4 nitrogen and oxygen atoms in total. The largest absolute Gasteiger partial charge is 0.304 e. The maximum absolute atomic E-state index is 4.63. The lowest BCUT2D eigenvalue weighted by Gasteiger charge is -2.38. The smallest absolute Gasteiger partial charge is 0.0923 e. The standard InChI is InChI=1S/C23H26N4S.2ClH/c1-25-11-13-27(14-12-25)21-16-18-5-3-4-6-22(18)28-23-8-7-17(15-19(21)23)20-9-10-26(2)24-20;;/h3-10,15,21H,11-14,16H2,1-2H3;2*1H. The fraction of sp³-hybridized carbons (Fsp3) is 0.348. The maximum atomic E-state index is 4.63. The van der Waals surface area contributed by atoms with Crippen LogP contribution in [0.4, 0.5) is 0 Å². The summed E-state index contributed by atoms with van der Waals surface area (Å²) in [7, 11) is 4.20. The molecule has 0 spiro atoms. The van der Waals surface area contributed by atoms with Crippen LogP contribution in [0.2, 0.25) is 0 Å². The van der Waals surface area contributed by atoms with Crippen molar-refractivity contribution in [1.82, 2.24) is 19.6 Å². The van der Waals surface area contributed by atoms with Crippen LogP contribution in [-0.2, 0) is 13.5 Å². The normalized spacial score (nSPS) is 19.1. The first-order valence-corrected chi connectivity index (χ1v) is 10.8. The summed E-state index contributed by atoms with van der Waals surface area (Å²) in [6.45, 7) is 4.53. The lowest BCUT2D eigenvalue weighted by atomic mass is 9.95. The van der Waals surface area contributed by atoms with Gasteiger partial charge in [0, 0.05) is 60.8 Å². The number of nitrogens with zero attached hydrogens (tertiary/aromatic N) is 4. The van der Waals surface area contributed by atoms with Crippen molar-refractivity contribution in [3.63, 3.8) is 0 Å². The summed E-state index contributed by atoms with van der Waals surface area (Å²) < 4.78 is 1.88. The predicted octanol–water partition coefficient (Wildman–Crippen LogP) is 4.93. The highest BCUT2D eigenvalue weighted by Gasteiger charge is 2.29. The van der Waals surface area contributed by atoms with Gasteiger partial charge in [-0.25, -0.2) is 0 Å². The van der Waals surface area contributed by atoms with Crippen LogP contribution in [0, 0.1) is 0 Å². The third-order valence-corrected chi connectivity index (χ3v) is 7.17. The molecule has 2 aromatic carbocycles. The second-order valence-corrected chi connectivity index (χ2v) is 8.98. The topological polar surface area (TPSA) is 24.3 Å². The van der Waals surface area contributed by atoms with Crippen LogP contribution >= 0.6 is 36.6 Å². The van der Waals surface area contributed by atoms with Crippen LogP contribution in [-0.4, -0.2) is 52.8 Å². The Bertz CT molecular complexity index is 998. The first-order chi connectivity index (χ1) is 13.7. The van der Waals surface area contributed by atoms with Gasteiger partial charge in [-0.05, 0) is 48.9 Å². The van der Waals surface area contributed by atoms with Crippen molar-refractivity contribution in [3.8, 4) is 11.3 Å². The number of rotatable bonds is 2. The van der Waals surface area contributed by atoms with Gasteiger partial charge in [0.15, 0.2) is 0 Å². The van der Waals surface area contributed by atoms with Gasteiger partial charge in [0.25, 0.3) is 0 Å². The summed E-state index contributed by atoms with van der Waals surface area (Å²) in [5.41, 5.74) is 5.18. The zero-order chi connectivity index (χ0) is 19.1. The molecule has 1 aromatic heterocycles. The van der Waals surface area contributed by atoms with Gasteiger partial charge in [-0.15, -0.1) is 24.8 Å². The first kappa shape index (κ1) is 23.2. The Morgan fingerprint density at radius 1 is 0.900 bits per heavy atom.